The van der Waals surface area contributed by atoms with Crippen LogP contribution >= 0.6 is 0 Å². The fourth-order valence-corrected chi connectivity index (χ4v) is 3.36. The number of aliphatic hydroxyl groups is 1. The van der Waals surface area contributed by atoms with Gasteiger partial charge in [0, 0.05) is 38.8 Å². The lowest BCUT2D eigenvalue weighted by Crippen LogP contribution is -2.53. The minimum atomic E-state index is -0.420. The number of rotatable bonds is 7. The van der Waals surface area contributed by atoms with E-state index in [2.05, 4.69) is 16.7 Å². The van der Waals surface area contributed by atoms with E-state index in [4.69, 9.17) is 4.74 Å². The first-order chi connectivity index (χ1) is 12.2. The first kappa shape index (κ1) is 17.9. The zero-order chi connectivity index (χ0) is 17.5. The average molecular weight is 340 g/mol. The van der Waals surface area contributed by atoms with E-state index in [-0.39, 0.29) is 0 Å². The second-order valence-corrected chi connectivity index (χ2v) is 6.73. The molecule has 134 valence electrons. The third-order valence-electron chi connectivity index (χ3n) is 4.86. The van der Waals surface area contributed by atoms with Crippen molar-refractivity contribution in [3.63, 3.8) is 0 Å². The summed E-state index contributed by atoms with van der Waals surface area (Å²) in [6.45, 7) is 7.60. The van der Waals surface area contributed by atoms with Gasteiger partial charge in [-0.1, -0.05) is 48.5 Å². The Balaban J connectivity index is 1.41. The summed E-state index contributed by atoms with van der Waals surface area (Å²) in [5.41, 5.74) is 0.994. The number of ether oxygens (including phenoxy) is 1. The van der Waals surface area contributed by atoms with Crippen molar-refractivity contribution in [2.75, 3.05) is 39.3 Å². The van der Waals surface area contributed by atoms with E-state index < -0.39 is 6.10 Å². The Morgan fingerprint density at radius 1 is 1.04 bits per heavy atom. The zero-order valence-corrected chi connectivity index (χ0v) is 14.9. The SMILES string of the molecule is CC1CN(CCOc2ccccc2)CCN1CC(O)c1ccccc1. The molecule has 1 N–H and O–H groups in total. The molecular weight excluding hydrogens is 312 g/mol. The van der Waals surface area contributed by atoms with Crippen molar-refractivity contribution in [2.45, 2.75) is 19.1 Å². The molecule has 1 heterocycles. The number of hydrogen-bond acceptors (Lipinski definition) is 4. The van der Waals surface area contributed by atoms with Crippen LogP contribution in [0.4, 0.5) is 0 Å². The highest BCUT2D eigenvalue weighted by Gasteiger charge is 2.25. The van der Waals surface area contributed by atoms with Crippen molar-refractivity contribution >= 4 is 0 Å². The van der Waals surface area contributed by atoms with Gasteiger partial charge in [0.1, 0.15) is 12.4 Å². The molecule has 1 fully saturated rings. The number of piperazine rings is 1. The second-order valence-electron chi connectivity index (χ2n) is 6.73. The summed E-state index contributed by atoms with van der Waals surface area (Å²) in [5, 5.41) is 10.4. The molecule has 25 heavy (non-hydrogen) atoms. The molecule has 0 spiro atoms. The lowest BCUT2D eigenvalue weighted by atomic mass is 10.1. The van der Waals surface area contributed by atoms with Crippen LogP contribution in [0.2, 0.25) is 0 Å². The molecule has 0 aromatic heterocycles. The van der Waals surface area contributed by atoms with Crippen LogP contribution in [0.5, 0.6) is 5.75 Å². The van der Waals surface area contributed by atoms with Crippen molar-refractivity contribution in [2.24, 2.45) is 0 Å². The van der Waals surface area contributed by atoms with Gasteiger partial charge >= 0.3 is 0 Å². The first-order valence-electron chi connectivity index (χ1n) is 9.09. The molecule has 2 unspecified atom stereocenters. The number of nitrogens with zero attached hydrogens (tertiary/aromatic N) is 2. The lowest BCUT2D eigenvalue weighted by Gasteiger charge is -2.40. The molecule has 0 radical (unpaired) electrons. The average Bonchev–Trinajstić information content (AvgIpc) is 2.65. The van der Waals surface area contributed by atoms with Crippen LogP contribution in [-0.2, 0) is 0 Å². The van der Waals surface area contributed by atoms with E-state index in [0.717, 1.165) is 37.5 Å². The first-order valence-corrected chi connectivity index (χ1v) is 9.09. The van der Waals surface area contributed by atoms with Gasteiger partial charge in [-0.25, -0.2) is 0 Å². The summed E-state index contributed by atoms with van der Waals surface area (Å²) < 4.78 is 5.80. The number of benzene rings is 2. The van der Waals surface area contributed by atoms with E-state index in [1.54, 1.807) is 0 Å². The van der Waals surface area contributed by atoms with E-state index in [0.29, 0.717) is 19.2 Å². The summed E-state index contributed by atoms with van der Waals surface area (Å²) in [4.78, 5) is 4.82. The minimum absolute atomic E-state index is 0.420. The Kier molecular flexibility index (Phi) is 6.45. The van der Waals surface area contributed by atoms with Crippen LogP contribution in [0, 0.1) is 0 Å². The molecule has 1 aliphatic heterocycles. The molecule has 3 rings (SSSR count). The highest BCUT2D eigenvalue weighted by molar-refractivity contribution is 5.21. The normalized spacial score (nSPS) is 20.3. The molecule has 2 aromatic carbocycles. The van der Waals surface area contributed by atoms with Gasteiger partial charge in [-0.2, -0.15) is 0 Å². The van der Waals surface area contributed by atoms with Gasteiger partial charge in [-0.05, 0) is 24.6 Å². The topological polar surface area (TPSA) is 35.9 Å². The third-order valence-corrected chi connectivity index (χ3v) is 4.86. The van der Waals surface area contributed by atoms with Crippen molar-refractivity contribution in [3.8, 4) is 5.75 Å². The van der Waals surface area contributed by atoms with Gasteiger partial charge in [0.2, 0.25) is 0 Å². The lowest BCUT2D eigenvalue weighted by molar-refractivity contribution is 0.0347. The maximum Gasteiger partial charge on any atom is 0.119 e. The molecule has 4 heteroatoms. The van der Waals surface area contributed by atoms with Crippen LogP contribution in [0.25, 0.3) is 0 Å². The molecule has 1 saturated heterocycles. The van der Waals surface area contributed by atoms with Gasteiger partial charge in [0.05, 0.1) is 6.10 Å². The summed E-state index contributed by atoms with van der Waals surface area (Å²) in [7, 11) is 0. The molecule has 4 nitrogen and oxygen atoms in total. The van der Waals surface area contributed by atoms with Crippen molar-refractivity contribution in [1.29, 1.82) is 0 Å². The predicted octanol–water partition coefficient (Wildman–Crippen LogP) is 2.81. The second kappa shape index (κ2) is 8.99. The quantitative estimate of drug-likeness (QED) is 0.841. The molecular formula is C21H28N2O2. The Morgan fingerprint density at radius 2 is 1.72 bits per heavy atom. The Morgan fingerprint density at radius 3 is 2.40 bits per heavy atom. The van der Waals surface area contributed by atoms with E-state index >= 15 is 0 Å². The van der Waals surface area contributed by atoms with E-state index in [1.165, 1.54) is 0 Å². The fraction of sp³-hybridized carbons (Fsp3) is 0.429. The van der Waals surface area contributed by atoms with Crippen molar-refractivity contribution in [1.82, 2.24) is 9.80 Å². The maximum atomic E-state index is 10.4. The predicted molar refractivity (Wildman–Crippen MR) is 101 cm³/mol. The molecule has 0 aliphatic carbocycles. The Labute approximate surface area is 150 Å². The maximum absolute atomic E-state index is 10.4. The Bertz CT molecular complexity index is 620. The standard InChI is InChI=1S/C21H28N2O2/c1-18-16-22(14-15-25-20-10-6-3-7-11-20)12-13-23(18)17-21(24)19-8-4-2-5-9-19/h2-11,18,21,24H,12-17H2,1H3. The molecule has 0 bridgehead atoms. The summed E-state index contributed by atoms with van der Waals surface area (Å²) in [5.74, 6) is 0.931. The number of aliphatic hydroxyl groups excluding tert-OH is 1. The fourth-order valence-electron chi connectivity index (χ4n) is 3.36. The van der Waals surface area contributed by atoms with Gasteiger partial charge in [-0.3, -0.25) is 9.80 Å². The summed E-state index contributed by atoms with van der Waals surface area (Å²) in [6.07, 6.45) is -0.420. The highest BCUT2D eigenvalue weighted by atomic mass is 16.5. The Hall–Kier alpha value is -1.88. The monoisotopic (exact) mass is 340 g/mol. The number of hydrogen-bond donors (Lipinski definition) is 1. The van der Waals surface area contributed by atoms with Gasteiger partial charge in [0.25, 0.3) is 0 Å². The largest absolute Gasteiger partial charge is 0.492 e. The molecule has 0 saturated carbocycles. The molecule has 1 aliphatic rings. The number of β-amino-alcohol motifs (C(OH)–C–C–N with tert-alkyl or cyclic N) is 1. The minimum Gasteiger partial charge on any atom is -0.492 e. The molecule has 0 amide bonds. The smallest absolute Gasteiger partial charge is 0.119 e. The van der Waals surface area contributed by atoms with Crippen LogP contribution in [-0.4, -0.2) is 60.3 Å². The van der Waals surface area contributed by atoms with Crippen molar-refractivity contribution < 1.29 is 9.84 Å². The van der Waals surface area contributed by atoms with Crippen LogP contribution in [0.3, 0.4) is 0 Å². The molecule has 2 aromatic rings. The molecule has 2 atom stereocenters. The van der Waals surface area contributed by atoms with Crippen LogP contribution in [0.1, 0.15) is 18.6 Å². The van der Waals surface area contributed by atoms with Crippen LogP contribution < -0.4 is 4.74 Å². The van der Waals surface area contributed by atoms with E-state index in [9.17, 15) is 5.11 Å². The van der Waals surface area contributed by atoms with Gasteiger partial charge in [-0.15, -0.1) is 0 Å². The van der Waals surface area contributed by atoms with Crippen molar-refractivity contribution in [3.05, 3.63) is 66.2 Å². The van der Waals surface area contributed by atoms with Crippen LogP contribution in [0.15, 0.2) is 60.7 Å². The highest BCUT2D eigenvalue weighted by Crippen LogP contribution is 2.18. The third kappa shape index (κ3) is 5.30. The van der Waals surface area contributed by atoms with Gasteiger partial charge in [0.15, 0.2) is 0 Å². The number of para-hydroxylation sites is 1. The van der Waals surface area contributed by atoms with E-state index in [1.807, 2.05) is 60.7 Å². The summed E-state index contributed by atoms with van der Waals surface area (Å²) in [6, 6.07) is 20.3. The van der Waals surface area contributed by atoms with Gasteiger partial charge < -0.3 is 9.84 Å². The summed E-state index contributed by atoms with van der Waals surface area (Å²) >= 11 is 0. The zero-order valence-electron chi connectivity index (χ0n) is 14.9.